The third-order valence-corrected chi connectivity index (χ3v) is 3.43. The first-order chi connectivity index (χ1) is 10.1. The number of hydrogen-bond acceptors (Lipinski definition) is 4. The summed E-state index contributed by atoms with van der Waals surface area (Å²) in [6, 6.07) is 3.96. The standard InChI is InChI=1S/C15H23BrN2O3/c1-3-7-21-15-12(16)8-11(9-13(15)20-2)10-18-6-4-5-14(17)19/h8-9,18H,3-7,10H2,1-2H3,(H2,17,19). The largest absolute Gasteiger partial charge is 0.493 e. The van der Waals surface area contributed by atoms with Crippen molar-refractivity contribution in [2.75, 3.05) is 20.3 Å². The summed E-state index contributed by atoms with van der Waals surface area (Å²) in [6.45, 7) is 4.16. The number of carbonyl (C=O) groups is 1. The number of halogens is 1. The zero-order valence-corrected chi connectivity index (χ0v) is 14.2. The molecule has 0 fully saturated rings. The van der Waals surface area contributed by atoms with Crippen LogP contribution >= 0.6 is 15.9 Å². The number of benzene rings is 1. The number of methoxy groups -OCH3 is 1. The van der Waals surface area contributed by atoms with E-state index in [4.69, 9.17) is 15.2 Å². The topological polar surface area (TPSA) is 73.6 Å². The SMILES string of the molecule is CCCOc1c(Br)cc(CNCCCC(N)=O)cc1OC. The summed E-state index contributed by atoms with van der Waals surface area (Å²) in [7, 11) is 1.63. The van der Waals surface area contributed by atoms with Gasteiger partial charge in [-0.1, -0.05) is 6.92 Å². The van der Waals surface area contributed by atoms with Crippen LogP contribution in [-0.4, -0.2) is 26.2 Å². The Kier molecular flexibility index (Phi) is 8.15. The molecule has 0 saturated carbocycles. The number of carbonyl (C=O) groups excluding carboxylic acids is 1. The van der Waals surface area contributed by atoms with Gasteiger partial charge in [0.15, 0.2) is 11.5 Å². The van der Waals surface area contributed by atoms with Gasteiger partial charge in [0.05, 0.1) is 18.2 Å². The van der Waals surface area contributed by atoms with Gasteiger partial charge in [-0.3, -0.25) is 4.79 Å². The minimum absolute atomic E-state index is 0.265. The highest BCUT2D eigenvalue weighted by atomic mass is 79.9. The molecule has 0 radical (unpaired) electrons. The predicted molar refractivity (Wildman–Crippen MR) is 86.6 cm³/mol. The molecular formula is C15H23BrN2O3. The lowest BCUT2D eigenvalue weighted by Crippen LogP contribution is -2.18. The van der Waals surface area contributed by atoms with Crippen LogP contribution in [0, 0.1) is 0 Å². The molecule has 6 heteroatoms. The Morgan fingerprint density at radius 3 is 2.81 bits per heavy atom. The van der Waals surface area contributed by atoms with Crippen LogP contribution in [0.2, 0.25) is 0 Å². The molecule has 0 bridgehead atoms. The quantitative estimate of drug-likeness (QED) is 0.630. The maximum absolute atomic E-state index is 10.6. The van der Waals surface area contributed by atoms with Gasteiger partial charge in [-0.25, -0.2) is 0 Å². The highest BCUT2D eigenvalue weighted by Gasteiger charge is 2.11. The van der Waals surface area contributed by atoms with Crippen molar-refractivity contribution in [1.82, 2.24) is 5.32 Å². The molecule has 0 spiro atoms. The summed E-state index contributed by atoms with van der Waals surface area (Å²) in [4.78, 5) is 10.6. The van der Waals surface area contributed by atoms with E-state index in [1.54, 1.807) is 7.11 Å². The highest BCUT2D eigenvalue weighted by molar-refractivity contribution is 9.10. The molecule has 0 atom stereocenters. The molecular weight excluding hydrogens is 336 g/mol. The minimum atomic E-state index is -0.265. The lowest BCUT2D eigenvalue weighted by molar-refractivity contribution is -0.118. The zero-order valence-electron chi connectivity index (χ0n) is 12.6. The van der Waals surface area contributed by atoms with Gasteiger partial charge in [0.1, 0.15) is 0 Å². The molecule has 1 aromatic carbocycles. The minimum Gasteiger partial charge on any atom is -0.493 e. The molecule has 1 amide bonds. The van der Waals surface area contributed by atoms with Gasteiger partial charge >= 0.3 is 0 Å². The molecule has 5 nitrogen and oxygen atoms in total. The van der Waals surface area contributed by atoms with Gasteiger partial charge < -0.3 is 20.5 Å². The second kappa shape index (κ2) is 9.63. The van der Waals surface area contributed by atoms with Gasteiger partial charge in [-0.05, 0) is 53.0 Å². The zero-order chi connectivity index (χ0) is 15.7. The molecule has 1 rings (SSSR count). The first-order valence-electron chi connectivity index (χ1n) is 7.06. The average molecular weight is 359 g/mol. The predicted octanol–water partition coefficient (Wildman–Crippen LogP) is 2.60. The third kappa shape index (κ3) is 6.35. The smallest absolute Gasteiger partial charge is 0.217 e. The Bertz CT molecular complexity index is 466. The maximum Gasteiger partial charge on any atom is 0.217 e. The van der Waals surface area contributed by atoms with Crippen molar-refractivity contribution in [3.8, 4) is 11.5 Å². The van der Waals surface area contributed by atoms with Gasteiger partial charge in [0.25, 0.3) is 0 Å². The van der Waals surface area contributed by atoms with Crippen LogP contribution in [0.15, 0.2) is 16.6 Å². The molecule has 0 aliphatic rings. The van der Waals surface area contributed by atoms with Crippen LogP contribution in [0.4, 0.5) is 0 Å². The number of ether oxygens (including phenoxy) is 2. The van der Waals surface area contributed by atoms with Gasteiger partial charge in [-0.2, -0.15) is 0 Å². The van der Waals surface area contributed by atoms with Crippen LogP contribution in [0.25, 0.3) is 0 Å². The van der Waals surface area contributed by atoms with E-state index in [1.807, 2.05) is 12.1 Å². The second-order valence-electron chi connectivity index (χ2n) is 4.70. The maximum atomic E-state index is 10.6. The molecule has 0 saturated heterocycles. The molecule has 0 aliphatic heterocycles. The number of rotatable bonds is 10. The molecule has 118 valence electrons. The lowest BCUT2D eigenvalue weighted by atomic mass is 10.2. The van der Waals surface area contributed by atoms with Crippen molar-refractivity contribution >= 4 is 21.8 Å². The van der Waals surface area contributed by atoms with E-state index < -0.39 is 0 Å². The second-order valence-corrected chi connectivity index (χ2v) is 5.56. The Balaban J connectivity index is 2.59. The number of nitrogens with one attached hydrogen (secondary N) is 1. The fraction of sp³-hybridized carbons (Fsp3) is 0.533. The molecule has 1 aromatic rings. The summed E-state index contributed by atoms with van der Waals surface area (Å²) in [5.41, 5.74) is 6.18. The highest BCUT2D eigenvalue weighted by Crippen LogP contribution is 2.36. The summed E-state index contributed by atoms with van der Waals surface area (Å²) in [5, 5.41) is 3.27. The van der Waals surface area contributed by atoms with Crippen LogP contribution in [-0.2, 0) is 11.3 Å². The van der Waals surface area contributed by atoms with E-state index >= 15 is 0 Å². The molecule has 3 N–H and O–H groups in total. The summed E-state index contributed by atoms with van der Waals surface area (Å²) in [5.74, 6) is 1.18. The molecule has 0 heterocycles. The average Bonchev–Trinajstić information content (AvgIpc) is 2.45. The Labute approximate surface area is 134 Å². The van der Waals surface area contributed by atoms with Crippen molar-refractivity contribution in [3.05, 3.63) is 22.2 Å². The Morgan fingerprint density at radius 1 is 1.43 bits per heavy atom. The fourth-order valence-electron chi connectivity index (χ4n) is 1.84. The van der Waals surface area contributed by atoms with Crippen molar-refractivity contribution in [1.29, 1.82) is 0 Å². The van der Waals surface area contributed by atoms with Crippen LogP contribution in [0.3, 0.4) is 0 Å². The van der Waals surface area contributed by atoms with E-state index in [1.165, 1.54) is 0 Å². The van der Waals surface area contributed by atoms with E-state index in [2.05, 4.69) is 28.2 Å². The van der Waals surface area contributed by atoms with Gasteiger partial charge in [0, 0.05) is 13.0 Å². The van der Waals surface area contributed by atoms with Crippen molar-refractivity contribution in [2.24, 2.45) is 5.73 Å². The first-order valence-corrected chi connectivity index (χ1v) is 7.86. The monoisotopic (exact) mass is 358 g/mol. The number of amides is 1. The lowest BCUT2D eigenvalue weighted by Gasteiger charge is -2.14. The third-order valence-electron chi connectivity index (χ3n) is 2.85. The first kappa shape index (κ1) is 17.8. The molecule has 0 aromatic heterocycles. The van der Waals surface area contributed by atoms with Crippen molar-refractivity contribution in [3.63, 3.8) is 0 Å². The van der Waals surface area contributed by atoms with Crippen LogP contribution in [0.1, 0.15) is 31.7 Å². The van der Waals surface area contributed by atoms with E-state index in [0.29, 0.717) is 25.3 Å². The molecule has 0 unspecified atom stereocenters. The van der Waals surface area contributed by atoms with Crippen LogP contribution < -0.4 is 20.5 Å². The summed E-state index contributed by atoms with van der Waals surface area (Å²) >= 11 is 3.52. The van der Waals surface area contributed by atoms with E-state index in [-0.39, 0.29) is 5.91 Å². The number of nitrogens with two attached hydrogens (primary N) is 1. The van der Waals surface area contributed by atoms with E-state index in [0.717, 1.165) is 35.2 Å². The Morgan fingerprint density at radius 2 is 2.19 bits per heavy atom. The summed E-state index contributed by atoms with van der Waals surface area (Å²) in [6.07, 6.45) is 2.09. The normalized spacial score (nSPS) is 10.4. The number of hydrogen-bond donors (Lipinski definition) is 2. The van der Waals surface area contributed by atoms with Gasteiger partial charge in [0.2, 0.25) is 5.91 Å². The van der Waals surface area contributed by atoms with Crippen LogP contribution in [0.5, 0.6) is 11.5 Å². The van der Waals surface area contributed by atoms with Crippen molar-refractivity contribution < 1.29 is 14.3 Å². The number of primary amides is 1. The fourth-order valence-corrected chi connectivity index (χ4v) is 2.44. The molecule has 21 heavy (non-hydrogen) atoms. The van der Waals surface area contributed by atoms with Crippen molar-refractivity contribution in [2.45, 2.75) is 32.7 Å². The van der Waals surface area contributed by atoms with E-state index in [9.17, 15) is 4.79 Å². The summed E-state index contributed by atoms with van der Waals surface area (Å²) < 4.78 is 11.9. The van der Waals surface area contributed by atoms with Gasteiger partial charge in [-0.15, -0.1) is 0 Å². The molecule has 0 aliphatic carbocycles. The Hall–Kier alpha value is -1.27.